The molecular weight excluding hydrogens is 252 g/mol. The summed E-state index contributed by atoms with van der Waals surface area (Å²) in [6, 6.07) is 4.29. The van der Waals surface area contributed by atoms with E-state index < -0.39 is 4.92 Å². The molecule has 0 aromatic heterocycles. The zero-order valence-electron chi connectivity index (χ0n) is 10.6. The Labute approximate surface area is 109 Å². The third-order valence-electron chi connectivity index (χ3n) is 2.40. The number of anilines is 1. The number of amides is 1. The number of carbonyl (C=O) groups is 2. The van der Waals surface area contributed by atoms with Gasteiger partial charge in [0.2, 0.25) is 5.91 Å². The van der Waals surface area contributed by atoms with Crippen molar-refractivity contribution in [1.29, 1.82) is 0 Å². The van der Waals surface area contributed by atoms with Crippen molar-refractivity contribution in [1.82, 2.24) is 0 Å². The smallest absolute Gasteiger partial charge is 0.293 e. The Morgan fingerprint density at radius 1 is 1.53 bits per heavy atom. The van der Waals surface area contributed by atoms with Crippen LogP contribution in [0.15, 0.2) is 18.2 Å². The standard InChI is InChI=1S/C12H14N2O5/c1-8(2)12(16)13-11-9(6-19-7-15)4-3-5-10(11)14(17)18/h3-5,7-8H,6H2,1-2H3,(H,13,16). The maximum absolute atomic E-state index is 11.7. The first-order valence-corrected chi connectivity index (χ1v) is 5.59. The lowest BCUT2D eigenvalue weighted by molar-refractivity contribution is -0.384. The van der Waals surface area contributed by atoms with Gasteiger partial charge in [-0.15, -0.1) is 0 Å². The molecule has 0 saturated heterocycles. The number of nitrogens with zero attached hydrogens (tertiary/aromatic N) is 1. The van der Waals surface area contributed by atoms with Crippen LogP contribution in [-0.2, 0) is 20.9 Å². The number of nitro benzene ring substituents is 1. The van der Waals surface area contributed by atoms with E-state index in [9.17, 15) is 19.7 Å². The molecular formula is C12H14N2O5. The molecule has 0 aliphatic carbocycles. The normalized spacial score (nSPS) is 10.1. The van der Waals surface area contributed by atoms with Gasteiger partial charge < -0.3 is 10.1 Å². The van der Waals surface area contributed by atoms with Crippen molar-refractivity contribution in [3.8, 4) is 0 Å². The first kappa shape index (κ1) is 14.6. The number of carbonyl (C=O) groups excluding carboxylic acids is 2. The number of benzene rings is 1. The van der Waals surface area contributed by atoms with Crippen molar-refractivity contribution in [2.45, 2.75) is 20.5 Å². The SMILES string of the molecule is CC(C)C(=O)Nc1c(COC=O)cccc1[N+](=O)[O-]. The quantitative estimate of drug-likeness (QED) is 0.481. The van der Waals surface area contributed by atoms with Gasteiger partial charge in [0, 0.05) is 17.5 Å². The number of hydrogen-bond donors (Lipinski definition) is 1. The van der Waals surface area contributed by atoms with E-state index in [1.54, 1.807) is 19.9 Å². The van der Waals surface area contributed by atoms with Gasteiger partial charge in [-0.05, 0) is 0 Å². The van der Waals surface area contributed by atoms with Gasteiger partial charge in [0.15, 0.2) is 0 Å². The van der Waals surface area contributed by atoms with Crippen molar-refractivity contribution in [3.05, 3.63) is 33.9 Å². The van der Waals surface area contributed by atoms with E-state index >= 15 is 0 Å². The number of rotatable bonds is 6. The fourth-order valence-electron chi connectivity index (χ4n) is 1.39. The topological polar surface area (TPSA) is 98.5 Å². The largest absolute Gasteiger partial charge is 0.463 e. The van der Waals surface area contributed by atoms with Crippen molar-refractivity contribution < 1.29 is 19.2 Å². The highest BCUT2D eigenvalue weighted by Crippen LogP contribution is 2.29. The first-order chi connectivity index (χ1) is 8.97. The van der Waals surface area contributed by atoms with Crippen molar-refractivity contribution in [2.24, 2.45) is 5.92 Å². The number of ether oxygens (including phenoxy) is 1. The Hall–Kier alpha value is -2.44. The molecule has 0 saturated carbocycles. The lowest BCUT2D eigenvalue weighted by atomic mass is 10.1. The molecule has 7 heteroatoms. The molecule has 1 rings (SSSR count). The zero-order valence-corrected chi connectivity index (χ0v) is 10.6. The van der Waals surface area contributed by atoms with Gasteiger partial charge in [0.25, 0.3) is 12.2 Å². The highest BCUT2D eigenvalue weighted by Gasteiger charge is 2.20. The summed E-state index contributed by atoms with van der Waals surface area (Å²) < 4.78 is 4.58. The monoisotopic (exact) mass is 266 g/mol. The minimum atomic E-state index is -0.597. The summed E-state index contributed by atoms with van der Waals surface area (Å²) in [5.74, 6) is -0.665. The minimum absolute atomic E-state index is 0.0630. The molecule has 0 aliphatic heterocycles. The van der Waals surface area contributed by atoms with Gasteiger partial charge in [0.1, 0.15) is 12.3 Å². The summed E-state index contributed by atoms with van der Waals surface area (Å²) in [7, 11) is 0. The van der Waals surface area contributed by atoms with Crippen LogP contribution >= 0.6 is 0 Å². The number of nitrogens with one attached hydrogen (secondary N) is 1. The molecule has 1 aromatic rings. The molecule has 1 amide bonds. The van der Waals surface area contributed by atoms with Crippen LogP contribution < -0.4 is 5.32 Å². The Kier molecular flexibility index (Phi) is 4.99. The zero-order chi connectivity index (χ0) is 14.4. The third kappa shape index (κ3) is 3.77. The Morgan fingerprint density at radius 2 is 2.21 bits per heavy atom. The van der Waals surface area contributed by atoms with Crippen LogP contribution in [0, 0.1) is 16.0 Å². The van der Waals surface area contributed by atoms with Crippen LogP contribution in [-0.4, -0.2) is 17.3 Å². The molecule has 0 aliphatic rings. The Bertz CT molecular complexity index is 499. The minimum Gasteiger partial charge on any atom is -0.463 e. The molecule has 0 heterocycles. The second-order valence-electron chi connectivity index (χ2n) is 4.12. The molecule has 0 atom stereocenters. The molecule has 0 unspecified atom stereocenters. The van der Waals surface area contributed by atoms with E-state index in [2.05, 4.69) is 10.1 Å². The summed E-state index contributed by atoms with van der Waals surface area (Å²) in [6.45, 7) is 3.45. The Balaban J connectivity index is 3.16. The van der Waals surface area contributed by atoms with Gasteiger partial charge in [-0.1, -0.05) is 26.0 Å². The maximum atomic E-state index is 11.7. The van der Waals surface area contributed by atoms with Crippen molar-refractivity contribution in [3.63, 3.8) is 0 Å². The van der Waals surface area contributed by atoms with Crippen LogP contribution in [0.3, 0.4) is 0 Å². The third-order valence-corrected chi connectivity index (χ3v) is 2.40. The van der Waals surface area contributed by atoms with Crippen LogP contribution in [0.1, 0.15) is 19.4 Å². The summed E-state index contributed by atoms with van der Waals surface area (Å²) in [6.07, 6.45) is 0. The summed E-state index contributed by atoms with van der Waals surface area (Å²) >= 11 is 0. The number of nitro groups is 1. The van der Waals surface area contributed by atoms with E-state index in [4.69, 9.17) is 0 Å². The Morgan fingerprint density at radius 3 is 2.74 bits per heavy atom. The summed E-state index contributed by atoms with van der Waals surface area (Å²) in [5.41, 5.74) is 0.198. The lowest BCUT2D eigenvalue weighted by Gasteiger charge is -2.12. The predicted molar refractivity (Wildman–Crippen MR) is 67.4 cm³/mol. The fraction of sp³-hybridized carbons (Fsp3) is 0.333. The predicted octanol–water partition coefficient (Wildman–Crippen LogP) is 1.86. The molecule has 1 aromatic carbocycles. The average Bonchev–Trinajstić information content (AvgIpc) is 2.36. The van der Waals surface area contributed by atoms with Crippen LogP contribution in [0.25, 0.3) is 0 Å². The molecule has 0 bridgehead atoms. The molecule has 19 heavy (non-hydrogen) atoms. The van der Waals surface area contributed by atoms with Crippen LogP contribution in [0.5, 0.6) is 0 Å². The maximum Gasteiger partial charge on any atom is 0.293 e. The van der Waals surface area contributed by atoms with Gasteiger partial charge in [-0.25, -0.2) is 0 Å². The lowest BCUT2D eigenvalue weighted by Crippen LogP contribution is -2.19. The highest BCUT2D eigenvalue weighted by atomic mass is 16.6. The van der Waals surface area contributed by atoms with E-state index in [1.807, 2.05) is 0 Å². The van der Waals surface area contributed by atoms with Gasteiger partial charge in [0.05, 0.1) is 4.92 Å². The average molecular weight is 266 g/mol. The molecule has 0 radical (unpaired) electrons. The van der Waals surface area contributed by atoms with Crippen molar-refractivity contribution in [2.75, 3.05) is 5.32 Å². The first-order valence-electron chi connectivity index (χ1n) is 5.59. The molecule has 0 fully saturated rings. The van der Waals surface area contributed by atoms with Gasteiger partial charge in [-0.3, -0.25) is 19.7 Å². The second-order valence-corrected chi connectivity index (χ2v) is 4.12. The summed E-state index contributed by atoms with van der Waals surface area (Å²) in [4.78, 5) is 32.2. The van der Waals surface area contributed by atoms with Crippen LogP contribution in [0.2, 0.25) is 0 Å². The molecule has 7 nitrogen and oxygen atoms in total. The van der Waals surface area contributed by atoms with E-state index in [-0.39, 0.29) is 36.3 Å². The van der Waals surface area contributed by atoms with Crippen LogP contribution in [0.4, 0.5) is 11.4 Å². The van der Waals surface area contributed by atoms with E-state index in [0.29, 0.717) is 5.56 Å². The summed E-state index contributed by atoms with van der Waals surface area (Å²) in [5, 5.41) is 13.4. The van der Waals surface area contributed by atoms with E-state index in [0.717, 1.165) is 0 Å². The molecule has 0 spiro atoms. The number of para-hydroxylation sites is 1. The van der Waals surface area contributed by atoms with Gasteiger partial charge >= 0.3 is 0 Å². The van der Waals surface area contributed by atoms with Crippen molar-refractivity contribution >= 4 is 23.8 Å². The molecule has 1 N–H and O–H groups in total. The van der Waals surface area contributed by atoms with E-state index in [1.165, 1.54) is 12.1 Å². The number of hydrogen-bond acceptors (Lipinski definition) is 5. The fourth-order valence-corrected chi connectivity index (χ4v) is 1.39. The highest BCUT2D eigenvalue weighted by molar-refractivity contribution is 5.95. The second kappa shape index (κ2) is 6.48. The molecule has 102 valence electrons. The van der Waals surface area contributed by atoms with Gasteiger partial charge in [-0.2, -0.15) is 0 Å².